The highest BCUT2D eigenvalue weighted by Gasteiger charge is 2.08. The van der Waals surface area contributed by atoms with Gasteiger partial charge in [-0.05, 0) is 42.3 Å². The van der Waals surface area contributed by atoms with Crippen LogP contribution in [-0.4, -0.2) is 11.3 Å². The lowest BCUT2D eigenvalue weighted by Gasteiger charge is -2.07. The molecule has 80 valence electrons. The molecule has 0 spiro atoms. The molecule has 2 aromatic rings. The molecule has 0 N–H and O–H groups in total. The van der Waals surface area contributed by atoms with Crippen LogP contribution in [0.2, 0.25) is 0 Å². The Morgan fingerprint density at radius 2 is 2.06 bits per heavy atom. The minimum atomic E-state index is -0.358. The van der Waals surface area contributed by atoms with Gasteiger partial charge in [0.1, 0.15) is 5.82 Å². The maximum absolute atomic E-state index is 13.2. The molecular weight excluding hydrogens is 205 g/mol. The van der Waals surface area contributed by atoms with Crippen LogP contribution in [0.1, 0.15) is 15.9 Å². The van der Waals surface area contributed by atoms with Gasteiger partial charge < -0.3 is 0 Å². The van der Waals surface area contributed by atoms with Crippen LogP contribution in [0.4, 0.5) is 4.39 Å². The largest absolute Gasteiger partial charge is 0.298 e. The molecule has 16 heavy (non-hydrogen) atoms. The van der Waals surface area contributed by atoms with E-state index in [-0.39, 0.29) is 5.82 Å². The summed E-state index contributed by atoms with van der Waals surface area (Å²) in [5.74, 6) is -0.358. The first-order valence-corrected chi connectivity index (χ1v) is 4.88. The number of hydrogen-bond acceptors (Lipinski definition) is 2. The number of aldehydes is 1. The third kappa shape index (κ3) is 1.84. The van der Waals surface area contributed by atoms with Crippen molar-refractivity contribution in [2.75, 3.05) is 0 Å². The molecular formula is C13H10FNO. The summed E-state index contributed by atoms with van der Waals surface area (Å²) in [6.07, 6.45) is 4.02. The van der Waals surface area contributed by atoms with Gasteiger partial charge >= 0.3 is 0 Å². The number of hydrogen-bond donors (Lipinski definition) is 0. The molecule has 0 aliphatic rings. The van der Waals surface area contributed by atoms with Crippen molar-refractivity contribution in [3.63, 3.8) is 0 Å². The Kier molecular flexibility index (Phi) is 2.77. The Labute approximate surface area is 92.8 Å². The van der Waals surface area contributed by atoms with Crippen molar-refractivity contribution in [1.82, 2.24) is 4.98 Å². The Balaban J connectivity index is 2.67. The average Bonchev–Trinajstić information content (AvgIpc) is 2.29. The minimum Gasteiger partial charge on any atom is -0.298 e. The monoisotopic (exact) mass is 215 g/mol. The van der Waals surface area contributed by atoms with E-state index in [0.717, 1.165) is 17.4 Å². The van der Waals surface area contributed by atoms with Crippen molar-refractivity contribution in [2.45, 2.75) is 6.92 Å². The fraction of sp³-hybridized carbons (Fsp3) is 0.0769. The fourth-order valence-electron chi connectivity index (χ4n) is 1.61. The van der Waals surface area contributed by atoms with Gasteiger partial charge in [0.15, 0.2) is 6.29 Å². The molecule has 0 bridgehead atoms. The zero-order chi connectivity index (χ0) is 11.5. The first kappa shape index (κ1) is 10.5. The third-order valence-corrected chi connectivity index (χ3v) is 2.47. The lowest BCUT2D eigenvalue weighted by molar-refractivity contribution is 0.112. The quantitative estimate of drug-likeness (QED) is 0.721. The first-order valence-electron chi connectivity index (χ1n) is 4.88. The predicted octanol–water partition coefficient (Wildman–Crippen LogP) is 3.01. The molecule has 1 aromatic heterocycles. The maximum atomic E-state index is 13.2. The van der Waals surface area contributed by atoms with Crippen molar-refractivity contribution in [3.05, 3.63) is 53.6 Å². The Hall–Kier alpha value is -2.03. The second kappa shape index (κ2) is 4.23. The molecule has 0 aliphatic carbocycles. The summed E-state index contributed by atoms with van der Waals surface area (Å²) in [6, 6.07) is 5.94. The Morgan fingerprint density at radius 3 is 2.75 bits per heavy atom. The van der Waals surface area contributed by atoms with E-state index in [0.29, 0.717) is 11.1 Å². The van der Waals surface area contributed by atoms with Crippen LogP contribution < -0.4 is 0 Å². The zero-order valence-corrected chi connectivity index (χ0v) is 8.77. The second-order valence-electron chi connectivity index (χ2n) is 3.54. The van der Waals surface area contributed by atoms with E-state index >= 15 is 0 Å². The smallest absolute Gasteiger partial charge is 0.150 e. The summed E-state index contributed by atoms with van der Waals surface area (Å²) in [5.41, 5.74) is 2.80. The molecule has 0 saturated carbocycles. The van der Waals surface area contributed by atoms with Gasteiger partial charge in [-0.3, -0.25) is 9.78 Å². The van der Waals surface area contributed by atoms with E-state index in [1.807, 2.05) is 13.0 Å². The number of benzene rings is 1. The van der Waals surface area contributed by atoms with Crippen LogP contribution in [0, 0.1) is 12.7 Å². The summed E-state index contributed by atoms with van der Waals surface area (Å²) in [6.45, 7) is 1.90. The van der Waals surface area contributed by atoms with Crippen molar-refractivity contribution in [2.24, 2.45) is 0 Å². The molecule has 0 unspecified atom stereocenters. The molecule has 0 amide bonds. The van der Waals surface area contributed by atoms with Gasteiger partial charge in [-0.1, -0.05) is 0 Å². The maximum Gasteiger partial charge on any atom is 0.150 e. The van der Waals surface area contributed by atoms with Gasteiger partial charge in [-0.15, -0.1) is 0 Å². The van der Waals surface area contributed by atoms with Crippen LogP contribution in [0.25, 0.3) is 11.1 Å². The highest BCUT2D eigenvalue weighted by Crippen LogP contribution is 2.25. The van der Waals surface area contributed by atoms with Crippen molar-refractivity contribution in [1.29, 1.82) is 0 Å². The molecule has 2 rings (SSSR count). The number of rotatable bonds is 2. The predicted molar refractivity (Wildman–Crippen MR) is 59.8 cm³/mol. The number of aromatic nitrogens is 1. The Morgan fingerprint density at radius 1 is 1.25 bits per heavy atom. The van der Waals surface area contributed by atoms with Gasteiger partial charge in [0.05, 0.1) is 0 Å². The average molecular weight is 215 g/mol. The van der Waals surface area contributed by atoms with E-state index in [2.05, 4.69) is 4.98 Å². The van der Waals surface area contributed by atoms with Crippen molar-refractivity contribution < 1.29 is 9.18 Å². The SMILES string of the molecule is Cc1ccncc1-c1cc(F)ccc1C=O. The summed E-state index contributed by atoms with van der Waals surface area (Å²) in [7, 11) is 0. The zero-order valence-electron chi connectivity index (χ0n) is 8.77. The van der Waals surface area contributed by atoms with Gasteiger partial charge in [-0.2, -0.15) is 0 Å². The topological polar surface area (TPSA) is 30.0 Å². The van der Waals surface area contributed by atoms with E-state index in [9.17, 15) is 9.18 Å². The normalized spacial score (nSPS) is 10.1. The lowest BCUT2D eigenvalue weighted by Crippen LogP contribution is -1.92. The van der Waals surface area contributed by atoms with E-state index in [4.69, 9.17) is 0 Å². The van der Waals surface area contributed by atoms with Gasteiger partial charge in [0.25, 0.3) is 0 Å². The van der Waals surface area contributed by atoms with E-state index in [1.165, 1.54) is 18.2 Å². The van der Waals surface area contributed by atoms with Crippen LogP contribution in [0.5, 0.6) is 0 Å². The number of aryl methyl sites for hydroxylation is 1. The van der Waals surface area contributed by atoms with Crippen LogP contribution in [0.15, 0.2) is 36.7 Å². The van der Waals surface area contributed by atoms with Gasteiger partial charge in [0, 0.05) is 23.5 Å². The number of carbonyl (C=O) groups excluding carboxylic acids is 1. The first-order chi connectivity index (χ1) is 7.72. The number of nitrogens with zero attached hydrogens (tertiary/aromatic N) is 1. The van der Waals surface area contributed by atoms with Crippen LogP contribution in [0.3, 0.4) is 0 Å². The number of halogens is 1. The van der Waals surface area contributed by atoms with E-state index in [1.54, 1.807) is 12.4 Å². The van der Waals surface area contributed by atoms with E-state index < -0.39 is 0 Å². The highest BCUT2D eigenvalue weighted by molar-refractivity contribution is 5.88. The second-order valence-corrected chi connectivity index (χ2v) is 3.54. The summed E-state index contributed by atoms with van der Waals surface area (Å²) in [5, 5.41) is 0. The molecule has 3 heteroatoms. The minimum absolute atomic E-state index is 0.358. The Bertz CT molecular complexity index is 537. The number of carbonyl (C=O) groups is 1. The fourth-order valence-corrected chi connectivity index (χ4v) is 1.61. The van der Waals surface area contributed by atoms with Crippen molar-refractivity contribution in [3.8, 4) is 11.1 Å². The third-order valence-electron chi connectivity index (χ3n) is 2.47. The molecule has 0 atom stereocenters. The van der Waals surface area contributed by atoms with Gasteiger partial charge in [-0.25, -0.2) is 4.39 Å². The van der Waals surface area contributed by atoms with Crippen LogP contribution in [-0.2, 0) is 0 Å². The standard InChI is InChI=1S/C13H10FNO/c1-9-4-5-15-7-13(9)12-6-11(14)3-2-10(12)8-16/h2-8H,1H3. The summed E-state index contributed by atoms with van der Waals surface area (Å²) >= 11 is 0. The van der Waals surface area contributed by atoms with Crippen LogP contribution >= 0.6 is 0 Å². The molecule has 1 aromatic carbocycles. The molecule has 2 nitrogen and oxygen atoms in total. The molecule has 0 radical (unpaired) electrons. The molecule has 0 saturated heterocycles. The molecule has 1 heterocycles. The molecule has 0 aliphatic heterocycles. The highest BCUT2D eigenvalue weighted by atomic mass is 19.1. The summed E-state index contributed by atoms with van der Waals surface area (Å²) in [4.78, 5) is 14.9. The summed E-state index contributed by atoms with van der Waals surface area (Å²) < 4.78 is 13.2. The number of pyridine rings is 1. The molecule has 0 fully saturated rings. The lowest BCUT2D eigenvalue weighted by atomic mass is 9.98. The van der Waals surface area contributed by atoms with Gasteiger partial charge in [0.2, 0.25) is 0 Å². The van der Waals surface area contributed by atoms with Crippen molar-refractivity contribution >= 4 is 6.29 Å².